The zero-order valence-corrected chi connectivity index (χ0v) is 27.3. The number of ether oxygens (including phenoxy) is 2. The van der Waals surface area contributed by atoms with Gasteiger partial charge in [-0.15, -0.1) is 0 Å². The number of likely N-dealkylation sites (tertiary alicyclic amines) is 1. The molecular formula is C38H38F6N2O3. The van der Waals surface area contributed by atoms with Crippen LogP contribution in [0, 0.1) is 5.41 Å². The molecule has 49 heavy (non-hydrogen) atoms. The molecule has 1 aliphatic heterocycles. The molecule has 0 unspecified atom stereocenters. The summed E-state index contributed by atoms with van der Waals surface area (Å²) in [5.41, 5.74) is -2.42. The Kier molecular flexibility index (Phi) is 10.7. The van der Waals surface area contributed by atoms with Crippen molar-refractivity contribution in [3.8, 4) is 11.6 Å². The van der Waals surface area contributed by atoms with E-state index in [0.29, 0.717) is 55.2 Å². The minimum atomic E-state index is -4.59. The van der Waals surface area contributed by atoms with Crippen LogP contribution in [0.2, 0.25) is 0 Å². The average Bonchev–Trinajstić information content (AvgIpc) is 3.08. The molecule has 260 valence electrons. The van der Waals surface area contributed by atoms with E-state index in [9.17, 15) is 31.1 Å². The van der Waals surface area contributed by atoms with Crippen LogP contribution in [-0.4, -0.2) is 35.5 Å². The minimum Gasteiger partial charge on any atom is -0.466 e. The lowest BCUT2D eigenvalue weighted by Crippen LogP contribution is -2.57. The molecule has 1 fully saturated rings. The van der Waals surface area contributed by atoms with Crippen LogP contribution in [0.3, 0.4) is 0 Å². The van der Waals surface area contributed by atoms with E-state index < -0.39 is 40.3 Å². The fourth-order valence-corrected chi connectivity index (χ4v) is 7.13. The highest BCUT2D eigenvalue weighted by Crippen LogP contribution is 2.57. The molecule has 11 heteroatoms. The van der Waals surface area contributed by atoms with Crippen molar-refractivity contribution >= 4 is 5.97 Å². The maximum absolute atomic E-state index is 14.3. The molecule has 0 saturated carbocycles. The van der Waals surface area contributed by atoms with Crippen LogP contribution in [0.15, 0.2) is 97.2 Å². The zero-order valence-electron chi connectivity index (χ0n) is 27.3. The molecule has 0 amide bonds. The van der Waals surface area contributed by atoms with Gasteiger partial charge in [-0.25, -0.2) is 4.98 Å². The molecular weight excluding hydrogens is 646 g/mol. The van der Waals surface area contributed by atoms with E-state index in [1.54, 1.807) is 25.3 Å². The summed E-state index contributed by atoms with van der Waals surface area (Å²) in [6, 6.07) is 22.3. The van der Waals surface area contributed by atoms with Crippen molar-refractivity contribution in [2.75, 3.05) is 19.7 Å². The number of aromatic nitrogens is 1. The first-order valence-electron chi connectivity index (χ1n) is 16.3. The first-order chi connectivity index (χ1) is 23.3. The van der Waals surface area contributed by atoms with Gasteiger partial charge in [0.1, 0.15) is 5.75 Å². The number of hydrogen-bond donors (Lipinski definition) is 0. The van der Waals surface area contributed by atoms with E-state index >= 15 is 0 Å². The molecule has 5 nitrogen and oxygen atoms in total. The number of benzene rings is 3. The SMILES string of the molecule is CCCC(c1ccc(C(F)(F)F)cc1)(c1ccc(C(F)(F)F)cc1)C1(C(=O)OCC)CCN(Cc2ccc(Oc3ccccn3)cc2)CC1. The molecule has 1 aromatic heterocycles. The molecule has 0 atom stereocenters. The predicted octanol–water partition coefficient (Wildman–Crippen LogP) is 9.84. The molecule has 0 bridgehead atoms. The van der Waals surface area contributed by atoms with Gasteiger partial charge < -0.3 is 9.47 Å². The lowest BCUT2D eigenvalue weighted by molar-refractivity contribution is -0.164. The molecule has 3 aromatic carbocycles. The average molecular weight is 685 g/mol. The van der Waals surface area contributed by atoms with Crippen molar-refractivity contribution in [2.45, 2.75) is 63.8 Å². The smallest absolute Gasteiger partial charge is 0.416 e. The minimum absolute atomic E-state index is 0.0689. The molecule has 1 saturated heterocycles. The summed E-state index contributed by atoms with van der Waals surface area (Å²) in [6.07, 6.45) is -6.20. The number of carbonyl (C=O) groups excluding carboxylic acids is 1. The second kappa shape index (κ2) is 14.6. The fraction of sp³-hybridized carbons (Fsp3) is 0.368. The van der Waals surface area contributed by atoms with Crippen molar-refractivity contribution < 1.29 is 40.6 Å². The maximum Gasteiger partial charge on any atom is 0.416 e. The van der Waals surface area contributed by atoms with Gasteiger partial charge in [0.05, 0.1) is 23.1 Å². The second-order valence-corrected chi connectivity index (χ2v) is 12.3. The van der Waals surface area contributed by atoms with Crippen LogP contribution in [0.5, 0.6) is 11.6 Å². The van der Waals surface area contributed by atoms with E-state index in [0.717, 1.165) is 29.8 Å². The standard InChI is InChI=1S/C38H38F6N2O3/c1-3-20-36(28-10-14-30(15-11-28)37(39,40)41,29-12-16-31(17-13-29)38(42,43)44)35(34(47)48-4-2)21-24-46(25-22-35)26-27-8-18-32(19-9-27)49-33-7-5-6-23-45-33/h5-19,23H,3-4,20-22,24-26H2,1-2H3. The lowest BCUT2D eigenvalue weighted by Gasteiger charge is -2.53. The fourth-order valence-electron chi connectivity index (χ4n) is 7.13. The third kappa shape index (κ3) is 7.61. The number of pyridine rings is 1. The summed E-state index contributed by atoms with van der Waals surface area (Å²) in [5.74, 6) is 0.581. The summed E-state index contributed by atoms with van der Waals surface area (Å²) in [4.78, 5) is 20.6. The van der Waals surface area contributed by atoms with Crippen LogP contribution in [0.25, 0.3) is 0 Å². The quantitative estimate of drug-likeness (QED) is 0.116. The number of alkyl halides is 6. The number of nitrogens with zero attached hydrogens (tertiary/aromatic N) is 2. The number of hydrogen-bond acceptors (Lipinski definition) is 5. The van der Waals surface area contributed by atoms with Crippen molar-refractivity contribution in [3.63, 3.8) is 0 Å². The Labute approximate surface area is 281 Å². The summed E-state index contributed by atoms with van der Waals surface area (Å²) in [6.45, 7) is 5.08. The molecule has 5 rings (SSSR count). The van der Waals surface area contributed by atoms with Crippen molar-refractivity contribution in [1.29, 1.82) is 0 Å². The predicted molar refractivity (Wildman–Crippen MR) is 173 cm³/mol. The van der Waals surface area contributed by atoms with E-state index in [2.05, 4.69) is 9.88 Å². The largest absolute Gasteiger partial charge is 0.466 e. The molecule has 0 radical (unpaired) electrons. The molecule has 0 spiro atoms. The third-order valence-corrected chi connectivity index (χ3v) is 9.42. The van der Waals surface area contributed by atoms with Gasteiger partial charge in [-0.05, 0) is 98.4 Å². The van der Waals surface area contributed by atoms with Gasteiger partial charge in [-0.3, -0.25) is 9.69 Å². The van der Waals surface area contributed by atoms with Crippen LogP contribution in [0.4, 0.5) is 26.3 Å². The lowest BCUT2D eigenvalue weighted by atomic mass is 9.51. The van der Waals surface area contributed by atoms with Gasteiger partial charge >= 0.3 is 18.3 Å². The van der Waals surface area contributed by atoms with Crippen molar-refractivity contribution in [1.82, 2.24) is 9.88 Å². The van der Waals surface area contributed by atoms with Gasteiger partial charge in [0.2, 0.25) is 5.88 Å². The van der Waals surface area contributed by atoms with Crippen LogP contribution >= 0.6 is 0 Å². The molecule has 4 aromatic rings. The summed E-state index contributed by atoms with van der Waals surface area (Å²) in [5, 5.41) is 0. The Morgan fingerprint density at radius 2 is 1.29 bits per heavy atom. The number of esters is 1. The normalized spacial score (nSPS) is 15.5. The Hall–Kier alpha value is -4.38. The van der Waals surface area contributed by atoms with Crippen LogP contribution in [-0.2, 0) is 33.8 Å². The topological polar surface area (TPSA) is 51.7 Å². The van der Waals surface area contributed by atoms with E-state index in [-0.39, 0.29) is 19.4 Å². The molecule has 0 N–H and O–H groups in total. The molecule has 1 aliphatic rings. The Morgan fingerprint density at radius 3 is 1.73 bits per heavy atom. The highest BCUT2D eigenvalue weighted by molar-refractivity contribution is 5.81. The van der Waals surface area contributed by atoms with Crippen molar-refractivity contribution in [3.05, 3.63) is 125 Å². The second-order valence-electron chi connectivity index (χ2n) is 12.3. The molecule has 2 heterocycles. The highest BCUT2D eigenvalue weighted by atomic mass is 19.4. The van der Waals surface area contributed by atoms with E-state index in [1.807, 2.05) is 37.3 Å². The third-order valence-electron chi connectivity index (χ3n) is 9.42. The number of carbonyl (C=O) groups is 1. The number of halogens is 6. The van der Waals surface area contributed by atoms with Gasteiger partial charge in [-0.1, -0.05) is 55.8 Å². The zero-order chi connectivity index (χ0) is 35.3. The molecule has 0 aliphatic carbocycles. The van der Waals surface area contributed by atoms with Gasteiger partial charge in [0.25, 0.3) is 0 Å². The van der Waals surface area contributed by atoms with E-state index in [1.165, 1.54) is 24.3 Å². The Bertz CT molecular complexity index is 1610. The monoisotopic (exact) mass is 684 g/mol. The van der Waals surface area contributed by atoms with Gasteiger partial charge in [0.15, 0.2) is 0 Å². The number of rotatable bonds is 11. The first kappa shape index (κ1) is 35.9. The summed E-state index contributed by atoms with van der Waals surface area (Å²) < 4.78 is 93.4. The van der Waals surface area contributed by atoms with Crippen LogP contribution in [0.1, 0.15) is 67.3 Å². The van der Waals surface area contributed by atoms with Crippen LogP contribution < -0.4 is 4.74 Å². The van der Waals surface area contributed by atoms with Crippen molar-refractivity contribution in [2.24, 2.45) is 5.41 Å². The van der Waals surface area contributed by atoms with Gasteiger partial charge in [-0.2, -0.15) is 26.3 Å². The van der Waals surface area contributed by atoms with E-state index in [4.69, 9.17) is 9.47 Å². The summed E-state index contributed by atoms with van der Waals surface area (Å²) >= 11 is 0. The van der Waals surface area contributed by atoms with Gasteiger partial charge in [0, 0.05) is 24.2 Å². The summed E-state index contributed by atoms with van der Waals surface area (Å²) in [7, 11) is 0. The Balaban J connectivity index is 1.52. The first-order valence-corrected chi connectivity index (χ1v) is 16.3. The number of piperidine rings is 1. The Morgan fingerprint density at radius 1 is 0.755 bits per heavy atom. The highest BCUT2D eigenvalue weighted by Gasteiger charge is 2.59. The maximum atomic E-state index is 14.3.